The van der Waals surface area contributed by atoms with Gasteiger partial charge in [0.1, 0.15) is 0 Å². The molecule has 0 radical (unpaired) electrons. The topological polar surface area (TPSA) is 42.0 Å². The van der Waals surface area contributed by atoms with Crippen LogP contribution in [0.5, 0.6) is 0 Å². The SMILES string of the molecule is O=C(Nc1ccc2nc(SCc3ccc(I)cc3)sc2c1)c1ccccc1Br. The van der Waals surface area contributed by atoms with Gasteiger partial charge in [0, 0.05) is 19.5 Å². The van der Waals surface area contributed by atoms with Gasteiger partial charge in [-0.3, -0.25) is 4.79 Å². The van der Waals surface area contributed by atoms with Crippen LogP contribution in [0.1, 0.15) is 15.9 Å². The third-order valence-corrected chi connectivity index (χ3v) is 7.66. The van der Waals surface area contributed by atoms with Crippen LogP contribution < -0.4 is 5.32 Å². The molecule has 7 heteroatoms. The van der Waals surface area contributed by atoms with Gasteiger partial charge in [-0.15, -0.1) is 11.3 Å². The number of amides is 1. The molecule has 3 aromatic carbocycles. The van der Waals surface area contributed by atoms with Crippen molar-refractivity contribution in [1.82, 2.24) is 4.98 Å². The quantitative estimate of drug-likeness (QED) is 0.200. The first-order chi connectivity index (χ1) is 13.6. The summed E-state index contributed by atoms with van der Waals surface area (Å²) in [6.45, 7) is 0. The zero-order valence-corrected chi connectivity index (χ0v) is 19.9. The Labute approximate surface area is 193 Å². The summed E-state index contributed by atoms with van der Waals surface area (Å²) in [5.74, 6) is 0.757. The van der Waals surface area contributed by atoms with Gasteiger partial charge in [-0.25, -0.2) is 4.98 Å². The van der Waals surface area contributed by atoms with Gasteiger partial charge in [0.25, 0.3) is 5.91 Å². The Bertz CT molecular complexity index is 1140. The predicted octanol–water partition coefficient (Wildman–Crippen LogP) is 7.21. The van der Waals surface area contributed by atoms with Gasteiger partial charge in [0.15, 0.2) is 4.34 Å². The van der Waals surface area contributed by atoms with Crippen molar-refractivity contribution < 1.29 is 4.79 Å². The first-order valence-corrected chi connectivity index (χ1v) is 12.1. The standard InChI is InChI=1S/C21H14BrIN2OS2/c22-17-4-2-1-3-16(17)20(26)24-15-9-10-18-19(11-15)28-21(25-18)27-12-13-5-7-14(23)8-6-13/h1-11H,12H2,(H,24,26). The number of aromatic nitrogens is 1. The van der Waals surface area contributed by atoms with E-state index >= 15 is 0 Å². The second-order valence-electron chi connectivity index (χ2n) is 6.01. The first-order valence-electron chi connectivity index (χ1n) is 8.42. The first kappa shape index (κ1) is 19.9. The zero-order chi connectivity index (χ0) is 19.5. The molecule has 0 fully saturated rings. The van der Waals surface area contributed by atoms with Gasteiger partial charge < -0.3 is 5.32 Å². The lowest BCUT2D eigenvalue weighted by Crippen LogP contribution is -2.12. The normalized spacial score (nSPS) is 10.9. The van der Waals surface area contributed by atoms with Gasteiger partial charge in [-0.1, -0.05) is 36.0 Å². The third-order valence-electron chi connectivity index (χ3n) is 4.02. The monoisotopic (exact) mass is 580 g/mol. The molecule has 4 rings (SSSR count). The molecule has 1 heterocycles. The number of rotatable bonds is 5. The lowest BCUT2D eigenvalue weighted by molar-refractivity contribution is 0.102. The molecule has 4 aromatic rings. The van der Waals surface area contributed by atoms with Crippen LogP contribution in [0.15, 0.2) is 75.5 Å². The molecule has 1 amide bonds. The van der Waals surface area contributed by atoms with Gasteiger partial charge in [-0.2, -0.15) is 0 Å². The Kier molecular flexibility index (Phi) is 6.35. The van der Waals surface area contributed by atoms with E-state index < -0.39 is 0 Å². The Morgan fingerprint density at radius 2 is 1.89 bits per heavy atom. The molecule has 1 N–H and O–H groups in total. The number of thioether (sulfide) groups is 1. The minimum Gasteiger partial charge on any atom is -0.322 e. The molecule has 0 unspecified atom stereocenters. The number of fused-ring (bicyclic) bond motifs is 1. The van der Waals surface area contributed by atoms with Crippen LogP contribution in [0.2, 0.25) is 0 Å². The molecule has 0 saturated heterocycles. The summed E-state index contributed by atoms with van der Waals surface area (Å²) < 4.78 is 4.11. The molecular weight excluding hydrogens is 567 g/mol. The summed E-state index contributed by atoms with van der Waals surface area (Å²) in [7, 11) is 0. The number of benzene rings is 3. The smallest absolute Gasteiger partial charge is 0.256 e. The number of nitrogens with one attached hydrogen (secondary N) is 1. The fraction of sp³-hybridized carbons (Fsp3) is 0.0476. The Balaban J connectivity index is 1.47. The van der Waals surface area contributed by atoms with E-state index in [1.54, 1.807) is 29.2 Å². The van der Waals surface area contributed by atoms with E-state index in [-0.39, 0.29) is 5.91 Å². The number of anilines is 1. The minimum absolute atomic E-state index is 0.135. The van der Waals surface area contributed by atoms with Crippen LogP contribution in [0, 0.1) is 3.57 Å². The molecular formula is C21H14BrIN2OS2. The summed E-state index contributed by atoms with van der Waals surface area (Å²) in [6, 6.07) is 21.8. The number of carbonyl (C=O) groups excluding carboxylic acids is 1. The molecule has 140 valence electrons. The summed E-state index contributed by atoms with van der Waals surface area (Å²) >= 11 is 9.12. The maximum absolute atomic E-state index is 12.5. The highest BCUT2D eigenvalue weighted by molar-refractivity contribution is 14.1. The molecule has 0 bridgehead atoms. The molecule has 0 saturated carbocycles. The highest BCUT2D eigenvalue weighted by Gasteiger charge is 2.11. The number of halogens is 2. The van der Waals surface area contributed by atoms with E-state index in [0.717, 1.165) is 30.5 Å². The highest BCUT2D eigenvalue weighted by Crippen LogP contribution is 2.33. The van der Waals surface area contributed by atoms with E-state index in [1.807, 2.05) is 36.4 Å². The number of thiazole rings is 1. The molecule has 0 spiro atoms. The second kappa shape index (κ2) is 8.94. The van der Waals surface area contributed by atoms with Crippen LogP contribution in [-0.4, -0.2) is 10.9 Å². The van der Waals surface area contributed by atoms with E-state index in [4.69, 9.17) is 4.98 Å². The number of nitrogens with zero attached hydrogens (tertiary/aromatic N) is 1. The van der Waals surface area contributed by atoms with Crippen LogP contribution >= 0.6 is 61.6 Å². The molecule has 0 aliphatic carbocycles. The van der Waals surface area contributed by atoms with Crippen LogP contribution in [-0.2, 0) is 5.75 Å². The van der Waals surface area contributed by atoms with Crippen molar-refractivity contribution in [2.24, 2.45) is 0 Å². The third kappa shape index (κ3) is 4.76. The van der Waals surface area contributed by atoms with E-state index in [2.05, 4.69) is 68.1 Å². The Morgan fingerprint density at radius 3 is 2.68 bits per heavy atom. The molecule has 0 aliphatic rings. The summed E-state index contributed by atoms with van der Waals surface area (Å²) in [4.78, 5) is 17.2. The largest absolute Gasteiger partial charge is 0.322 e. The average molecular weight is 581 g/mol. The van der Waals surface area contributed by atoms with Gasteiger partial charge in [0.2, 0.25) is 0 Å². The molecule has 0 atom stereocenters. The van der Waals surface area contributed by atoms with E-state index in [9.17, 15) is 4.79 Å². The van der Waals surface area contributed by atoms with E-state index in [1.165, 1.54) is 9.13 Å². The van der Waals surface area contributed by atoms with Crippen LogP contribution in [0.3, 0.4) is 0 Å². The maximum atomic E-state index is 12.5. The summed E-state index contributed by atoms with van der Waals surface area (Å²) in [5, 5.41) is 2.97. The van der Waals surface area contributed by atoms with Crippen LogP contribution in [0.25, 0.3) is 10.2 Å². The molecule has 1 aromatic heterocycles. The number of carbonyl (C=O) groups is 1. The number of hydrogen-bond donors (Lipinski definition) is 1. The molecule has 3 nitrogen and oxygen atoms in total. The maximum Gasteiger partial charge on any atom is 0.256 e. The van der Waals surface area contributed by atoms with Gasteiger partial charge >= 0.3 is 0 Å². The number of hydrogen-bond acceptors (Lipinski definition) is 4. The predicted molar refractivity (Wildman–Crippen MR) is 130 cm³/mol. The van der Waals surface area contributed by atoms with Crippen LogP contribution in [0.4, 0.5) is 5.69 Å². The van der Waals surface area contributed by atoms with Crippen molar-refractivity contribution in [3.05, 3.63) is 85.9 Å². The van der Waals surface area contributed by atoms with Crippen molar-refractivity contribution in [2.45, 2.75) is 10.1 Å². The van der Waals surface area contributed by atoms with Crippen molar-refractivity contribution in [3.8, 4) is 0 Å². The lowest BCUT2D eigenvalue weighted by Gasteiger charge is -2.06. The van der Waals surface area contributed by atoms with Crippen molar-refractivity contribution in [3.63, 3.8) is 0 Å². The minimum atomic E-state index is -0.135. The molecule has 0 aliphatic heterocycles. The van der Waals surface area contributed by atoms with Gasteiger partial charge in [-0.05, 0) is 86.5 Å². The summed E-state index contributed by atoms with van der Waals surface area (Å²) in [6.07, 6.45) is 0. The Morgan fingerprint density at radius 1 is 1.11 bits per heavy atom. The van der Waals surface area contributed by atoms with E-state index in [0.29, 0.717) is 5.56 Å². The highest BCUT2D eigenvalue weighted by atomic mass is 127. The van der Waals surface area contributed by atoms with Crippen molar-refractivity contribution in [2.75, 3.05) is 5.32 Å². The second-order valence-corrected chi connectivity index (χ2v) is 10.4. The van der Waals surface area contributed by atoms with Crippen molar-refractivity contribution in [1.29, 1.82) is 0 Å². The average Bonchev–Trinajstić information content (AvgIpc) is 3.10. The van der Waals surface area contributed by atoms with Gasteiger partial charge in [0.05, 0.1) is 15.8 Å². The van der Waals surface area contributed by atoms with Crippen molar-refractivity contribution >= 4 is 83.4 Å². The fourth-order valence-electron chi connectivity index (χ4n) is 2.61. The molecule has 28 heavy (non-hydrogen) atoms. The summed E-state index contributed by atoms with van der Waals surface area (Å²) in [5.41, 5.74) is 3.62. The Hall–Kier alpha value is -1.42. The fourth-order valence-corrected chi connectivity index (χ4v) is 5.50. The zero-order valence-electron chi connectivity index (χ0n) is 14.5. The lowest BCUT2D eigenvalue weighted by atomic mass is 10.2.